The number of pyridine rings is 1. The van der Waals surface area contributed by atoms with Gasteiger partial charge in [-0.2, -0.15) is 0 Å². The van der Waals surface area contributed by atoms with Crippen LogP contribution in [0, 0.1) is 6.33 Å². The normalized spacial score (nSPS) is 12.1. The molecule has 0 atom stereocenters. The summed E-state index contributed by atoms with van der Waals surface area (Å²) < 4.78 is 9.74. The zero-order valence-corrected chi connectivity index (χ0v) is 22.4. The third-order valence-corrected chi connectivity index (χ3v) is 7.39. The molecule has 196 valence electrons. The van der Waals surface area contributed by atoms with Crippen LogP contribution in [0.15, 0.2) is 101 Å². The Morgan fingerprint density at radius 2 is 1.57 bits per heavy atom. The number of hydrogen-bond acceptors (Lipinski definition) is 4. The summed E-state index contributed by atoms with van der Waals surface area (Å²) in [6.07, 6.45) is 3.42. The minimum atomic E-state index is -0.189. The van der Waals surface area contributed by atoms with Gasteiger partial charge >= 0.3 is 0 Å². The molecule has 2 N–H and O–H groups in total. The van der Waals surface area contributed by atoms with E-state index in [0.29, 0.717) is 33.7 Å². The molecule has 40 heavy (non-hydrogen) atoms. The molecule has 0 spiro atoms. The van der Waals surface area contributed by atoms with Crippen molar-refractivity contribution in [2.24, 2.45) is 0 Å². The second kappa shape index (κ2) is 8.71. The first kappa shape index (κ1) is 24.0. The number of hydrogen-bond donors (Lipinski definition) is 2. The molecule has 0 aliphatic rings. The van der Waals surface area contributed by atoms with Gasteiger partial charge in [0.25, 0.3) is 6.33 Å². The molecule has 7 rings (SSSR count). The molecule has 3 heterocycles. The van der Waals surface area contributed by atoms with Gasteiger partial charge in [0.05, 0.1) is 22.1 Å². The van der Waals surface area contributed by atoms with Gasteiger partial charge in [0.1, 0.15) is 28.4 Å². The number of nitrogens with zero attached hydrogens (tertiary/aromatic N) is 3. The number of para-hydroxylation sites is 5. The highest BCUT2D eigenvalue weighted by Gasteiger charge is 2.22. The molecule has 0 radical (unpaired) electrons. The lowest BCUT2D eigenvalue weighted by Crippen LogP contribution is -2.29. The third-order valence-electron chi connectivity index (χ3n) is 7.39. The highest BCUT2D eigenvalue weighted by Crippen LogP contribution is 2.42. The highest BCUT2D eigenvalue weighted by molar-refractivity contribution is 6.10. The Bertz CT molecular complexity index is 2080. The largest absolute Gasteiger partial charge is 0.511 e. The van der Waals surface area contributed by atoms with Crippen molar-refractivity contribution in [2.45, 2.75) is 26.2 Å². The van der Waals surface area contributed by atoms with Crippen molar-refractivity contribution in [1.29, 1.82) is 0 Å². The maximum absolute atomic E-state index is 11.6. The number of benzene rings is 4. The molecule has 6 heteroatoms. The number of furan rings is 1. The molecule has 0 saturated carbocycles. The van der Waals surface area contributed by atoms with Gasteiger partial charge in [0.15, 0.2) is 5.82 Å². The molecule has 0 saturated heterocycles. The molecule has 7 aromatic rings. The van der Waals surface area contributed by atoms with E-state index in [9.17, 15) is 10.2 Å². The lowest BCUT2D eigenvalue weighted by atomic mass is 9.86. The van der Waals surface area contributed by atoms with Crippen LogP contribution in [0.3, 0.4) is 0 Å². The maximum Gasteiger partial charge on any atom is 0.271 e. The van der Waals surface area contributed by atoms with E-state index in [4.69, 9.17) is 9.40 Å². The molecule has 0 aliphatic carbocycles. The first-order valence-electron chi connectivity index (χ1n) is 13.2. The van der Waals surface area contributed by atoms with E-state index in [1.807, 2.05) is 88.0 Å². The van der Waals surface area contributed by atoms with Crippen LogP contribution in [-0.4, -0.2) is 19.8 Å². The minimum Gasteiger partial charge on any atom is -0.511 e. The fourth-order valence-corrected chi connectivity index (χ4v) is 5.27. The van der Waals surface area contributed by atoms with Crippen LogP contribution >= 0.6 is 0 Å². The van der Waals surface area contributed by atoms with E-state index < -0.39 is 0 Å². The van der Waals surface area contributed by atoms with Crippen LogP contribution in [0.4, 0.5) is 0 Å². The first-order valence-corrected chi connectivity index (χ1v) is 13.2. The molecular formula is C34H27N3O3. The Morgan fingerprint density at radius 3 is 2.40 bits per heavy atom. The summed E-state index contributed by atoms with van der Waals surface area (Å²) in [5, 5.41) is 23.7. The Balaban J connectivity index is 1.49. The van der Waals surface area contributed by atoms with Gasteiger partial charge in [-0.1, -0.05) is 75.4 Å². The van der Waals surface area contributed by atoms with Crippen LogP contribution in [0.2, 0.25) is 0 Å². The Hall–Kier alpha value is -5.10. The van der Waals surface area contributed by atoms with Crippen molar-refractivity contribution in [3.05, 3.63) is 109 Å². The predicted octanol–water partition coefficient (Wildman–Crippen LogP) is 7.38. The molecule has 0 unspecified atom stereocenters. The van der Waals surface area contributed by atoms with Crippen molar-refractivity contribution in [2.75, 3.05) is 0 Å². The number of phenols is 2. The van der Waals surface area contributed by atoms with E-state index in [1.165, 1.54) is 0 Å². The van der Waals surface area contributed by atoms with Crippen LogP contribution < -0.4 is 4.57 Å². The molecule has 6 nitrogen and oxygen atoms in total. The molecule has 4 aromatic carbocycles. The van der Waals surface area contributed by atoms with Gasteiger partial charge < -0.3 is 14.6 Å². The van der Waals surface area contributed by atoms with Crippen LogP contribution in [-0.2, 0) is 5.41 Å². The van der Waals surface area contributed by atoms with Crippen molar-refractivity contribution < 1.29 is 19.2 Å². The Labute approximate surface area is 231 Å². The smallest absolute Gasteiger partial charge is 0.271 e. The molecule has 0 fully saturated rings. The van der Waals surface area contributed by atoms with Crippen molar-refractivity contribution in [3.8, 4) is 34.3 Å². The maximum atomic E-state index is 11.6. The zero-order valence-electron chi connectivity index (χ0n) is 22.4. The van der Waals surface area contributed by atoms with Crippen molar-refractivity contribution in [1.82, 2.24) is 9.55 Å². The van der Waals surface area contributed by atoms with Crippen LogP contribution in [0.5, 0.6) is 11.5 Å². The number of fused-ring (bicyclic) bond motifs is 4. The minimum absolute atomic E-state index is 0.137. The fourth-order valence-electron chi connectivity index (χ4n) is 5.27. The summed E-state index contributed by atoms with van der Waals surface area (Å²) in [5.74, 6) is 0.955. The van der Waals surface area contributed by atoms with E-state index in [-0.39, 0.29) is 16.9 Å². The lowest BCUT2D eigenvalue weighted by Gasteiger charge is -2.21. The van der Waals surface area contributed by atoms with E-state index >= 15 is 0 Å². The third kappa shape index (κ3) is 3.72. The summed E-state index contributed by atoms with van der Waals surface area (Å²) in [7, 11) is 0. The van der Waals surface area contributed by atoms with Gasteiger partial charge in [-0.25, -0.2) is 4.98 Å². The standard InChI is InChI=1S/C34H27N3O3/c1-34(2,3)21-18-24(22-16-17-30-32(33(22)39)23-10-4-9-15-29(23)40-30)35-31(19-21)37-20-36(25-11-5-6-12-26(25)37)27-13-7-8-14-28(27)38/h4-19,38-39H,1-3H3. The number of phenolic OH excluding ortho intramolecular Hbond substituents is 2. The lowest BCUT2D eigenvalue weighted by molar-refractivity contribution is -0.573. The number of aromatic hydroxyl groups is 2. The number of aromatic nitrogens is 3. The number of rotatable bonds is 3. The summed E-state index contributed by atoms with van der Waals surface area (Å²) in [4.78, 5) is 5.06. The Kier molecular flexibility index (Phi) is 5.22. The predicted molar refractivity (Wildman–Crippen MR) is 156 cm³/mol. The van der Waals surface area contributed by atoms with Crippen molar-refractivity contribution >= 4 is 33.0 Å². The van der Waals surface area contributed by atoms with Crippen LogP contribution in [0.1, 0.15) is 26.3 Å². The van der Waals surface area contributed by atoms with E-state index in [0.717, 1.165) is 27.6 Å². The van der Waals surface area contributed by atoms with Gasteiger partial charge in [0.2, 0.25) is 0 Å². The topological polar surface area (TPSA) is 75.3 Å². The quantitative estimate of drug-likeness (QED) is 0.186. The average Bonchev–Trinajstić information content (AvgIpc) is 3.52. The SMILES string of the molecule is CC(C)(C)c1cc(-c2ccc3oc4ccccc4c3c2O)nc(-n2[c-][n+](-c3ccccc3O)c3ccccc32)c1. The summed E-state index contributed by atoms with van der Waals surface area (Å²) >= 11 is 0. The van der Waals surface area contributed by atoms with Gasteiger partial charge in [0, 0.05) is 10.9 Å². The van der Waals surface area contributed by atoms with E-state index in [1.54, 1.807) is 12.1 Å². The van der Waals surface area contributed by atoms with Crippen LogP contribution in [0.25, 0.3) is 55.7 Å². The highest BCUT2D eigenvalue weighted by atomic mass is 16.3. The molecule has 3 aromatic heterocycles. The average molecular weight is 526 g/mol. The van der Waals surface area contributed by atoms with Crippen molar-refractivity contribution in [3.63, 3.8) is 0 Å². The zero-order chi connectivity index (χ0) is 27.6. The summed E-state index contributed by atoms with van der Waals surface area (Å²) in [6, 6.07) is 30.7. The van der Waals surface area contributed by atoms with Gasteiger partial charge in [-0.05, 0) is 53.4 Å². The molecule has 0 bridgehead atoms. The van der Waals surface area contributed by atoms with Gasteiger partial charge in [-0.3, -0.25) is 9.13 Å². The van der Waals surface area contributed by atoms with Gasteiger partial charge in [-0.15, -0.1) is 0 Å². The monoisotopic (exact) mass is 525 g/mol. The molecule has 0 amide bonds. The molecular weight excluding hydrogens is 498 g/mol. The fraction of sp³-hybridized carbons (Fsp3) is 0.118. The second-order valence-electron chi connectivity index (χ2n) is 11.0. The first-order chi connectivity index (χ1) is 19.3. The summed E-state index contributed by atoms with van der Waals surface area (Å²) in [6.45, 7) is 6.46. The summed E-state index contributed by atoms with van der Waals surface area (Å²) in [5.41, 5.74) is 5.88. The Morgan fingerprint density at radius 1 is 0.825 bits per heavy atom. The molecule has 0 aliphatic heterocycles. The van der Waals surface area contributed by atoms with E-state index in [2.05, 4.69) is 33.2 Å². The second-order valence-corrected chi connectivity index (χ2v) is 11.0. The number of imidazole rings is 1.